The summed E-state index contributed by atoms with van der Waals surface area (Å²) in [4.78, 5) is 23.9. The summed E-state index contributed by atoms with van der Waals surface area (Å²) in [6, 6.07) is 4.17. The van der Waals surface area contributed by atoms with E-state index in [0.29, 0.717) is 13.1 Å². The molecule has 1 aliphatic heterocycles. The van der Waals surface area contributed by atoms with Crippen molar-refractivity contribution in [3.05, 3.63) is 23.8 Å². The Morgan fingerprint density at radius 1 is 1.18 bits per heavy atom. The maximum Gasteiger partial charge on any atom is 0.310 e. The van der Waals surface area contributed by atoms with Gasteiger partial charge in [0.2, 0.25) is 10.0 Å². The number of nitrogens with one attached hydrogen (secondary N) is 1. The van der Waals surface area contributed by atoms with Gasteiger partial charge in [-0.1, -0.05) is 12.8 Å². The molecule has 0 unspecified atom stereocenters. The minimum absolute atomic E-state index is 0.0258. The zero-order valence-corrected chi connectivity index (χ0v) is 17.3. The summed E-state index contributed by atoms with van der Waals surface area (Å²) < 4.78 is 32.6. The van der Waals surface area contributed by atoms with Crippen molar-refractivity contribution in [1.82, 2.24) is 9.62 Å². The molecule has 0 spiro atoms. The van der Waals surface area contributed by atoms with Gasteiger partial charge in [-0.3, -0.25) is 9.59 Å². The third-order valence-electron chi connectivity index (χ3n) is 4.89. The molecule has 0 radical (unpaired) electrons. The second-order valence-electron chi connectivity index (χ2n) is 7.55. The second kappa shape index (κ2) is 8.91. The third kappa shape index (κ3) is 5.02. The predicted octanol–water partition coefficient (Wildman–Crippen LogP) is 2.10. The Morgan fingerprint density at radius 2 is 1.79 bits per heavy atom. The summed E-state index contributed by atoms with van der Waals surface area (Å²) in [5.41, 5.74) is -1.10. The topological polar surface area (TPSA) is 113 Å². The van der Waals surface area contributed by atoms with Crippen LogP contribution in [0.4, 0.5) is 0 Å². The molecule has 1 amide bonds. The van der Waals surface area contributed by atoms with Crippen LogP contribution in [0.25, 0.3) is 0 Å². The highest BCUT2D eigenvalue weighted by atomic mass is 32.2. The molecule has 1 aromatic rings. The van der Waals surface area contributed by atoms with Gasteiger partial charge >= 0.3 is 5.97 Å². The molecule has 0 aromatic heterocycles. The van der Waals surface area contributed by atoms with Crippen LogP contribution >= 0.6 is 0 Å². The fourth-order valence-corrected chi connectivity index (χ4v) is 4.47. The zero-order valence-electron chi connectivity index (χ0n) is 16.5. The van der Waals surface area contributed by atoms with Crippen molar-refractivity contribution >= 4 is 21.9 Å². The van der Waals surface area contributed by atoms with E-state index >= 15 is 0 Å². The van der Waals surface area contributed by atoms with Crippen LogP contribution < -0.4 is 10.1 Å². The van der Waals surface area contributed by atoms with Gasteiger partial charge in [0.1, 0.15) is 5.75 Å². The largest absolute Gasteiger partial charge is 0.496 e. The van der Waals surface area contributed by atoms with E-state index in [9.17, 15) is 23.1 Å². The lowest BCUT2D eigenvalue weighted by Crippen LogP contribution is -2.39. The number of sulfonamides is 1. The number of rotatable bonds is 7. The fourth-order valence-electron chi connectivity index (χ4n) is 2.93. The molecule has 28 heavy (non-hydrogen) atoms. The summed E-state index contributed by atoms with van der Waals surface area (Å²) in [6.45, 7) is 3.80. The van der Waals surface area contributed by atoms with Gasteiger partial charge in [0, 0.05) is 19.6 Å². The summed E-state index contributed by atoms with van der Waals surface area (Å²) in [5.74, 6) is -1.41. The van der Waals surface area contributed by atoms with Gasteiger partial charge in [-0.25, -0.2) is 8.42 Å². The molecule has 1 fully saturated rings. The van der Waals surface area contributed by atoms with Gasteiger partial charge in [-0.05, 0) is 44.9 Å². The fraction of sp³-hybridized carbons (Fsp3) is 0.579. The van der Waals surface area contributed by atoms with Crippen molar-refractivity contribution in [2.24, 2.45) is 5.41 Å². The minimum atomic E-state index is -3.72. The zero-order chi connectivity index (χ0) is 20.9. The van der Waals surface area contributed by atoms with Crippen LogP contribution in [-0.2, 0) is 14.8 Å². The van der Waals surface area contributed by atoms with Gasteiger partial charge in [-0.15, -0.1) is 0 Å². The SMILES string of the molecule is COc1ccc(S(=O)(=O)N2CCCCCC2)cc1C(=O)NCC(C)(C)C(=O)O. The number of amides is 1. The molecule has 1 aliphatic rings. The van der Waals surface area contributed by atoms with Crippen LogP contribution in [0.5, 0.6) is 5.75 Å². The highest BCUT2D eigenvalue weighted by Crippen LogP contribution is 2.26. The van der Waals surface area contributed by atoms with Gasteiger partial charge in [0.05, 0.1) is 23.0 Å². The number of carbonyl (C=O) groups is 2. The van der Waals surface area contributed by atoms with Crippen molar-refractivity contribution in [2.45, 2.75) is 44.4 Å². The van der Waals surface area contributed by atoms with Crippen LogP contribution in [-0.4, -0.2) is 56.5 Å². The smallest absolute Gasteiger partial charge is 0.310 e. The van der Waals surface area contributed by atoms with Crippen molar-refractivity contribution in [3.8, 4) is 5.75 Å². The number of aliphatic carboxylic acids is 1. The van der Waals surface area contributed by atoms with E-state index in [1.54, 1.807) is 0 Å². The quantitative estimate of drug-likeness (QED) is 0.709. The Labute approximate surface area is 165 Å². The standard InChI is InChI=1S/C19H28N2O6S/c1-19(2,18(23)24)13-20-17(22)15-12-14(8-9-16(15)27-3)28(25,26)21-10-6-4-5-7-11-21/h8-9,12H,4-7,10-11,13H2,1-3H3,(H,20,22)(H,23,24). The molecule has 156 valence electrons. The molecule has 0 bridgehead atoms. The normalized spacial score (nSPS) is 16.2. The van der Waals surface area contributed by atoms with E-state index in [1.165, 1.54) is 43.5 Å². The van der Waals surface area contributed by atoms with Crippen molar-refractivity contribution < 1.29 is 27.9 Å². The number of benzene rings is 1. The molecule has 0 atom stereocenters. The van der Waals surface area contributed by atoms with Crippen LogP contribution in [0, 0.1) is 5.41 Å². The Kier molecular flexibility index (Phi) is 7.06. The molecule has 1 aromatic carbocycles. The predicted molar refractivity (Wildman–Crippen MR) is 104 cm³/mol. The Hall–Kier alpha value is -2.13. The molecule has 8 nitrogen and oxygen atoms in total. The third-order valence-corrected chi connectivity index (χ3v) is 6.78. The van der Waals surface area contributed by atoms with Crippen LogP contribution in [0.15, 0.2) is 23.1 Å². The van der Waals surface area contributed by atoms with E-state index in [1.807, 2.05) is 0 Å². The molecule has 0 saturated carbocycles. The molecule has 1 saturated heterocycles. The van der Waals surface area contributed by atoms with Crippen LogP contribution in [0.2, 0.25) is 0 Å². The first-order valence-electron chi connectivity index (χ1n) is 9.29. The lowest BCUT2D eigenvalue weighted by atomic mass is 9.94. The van der Waals surface area contributed by atoms with Crippen molar-refractivity contribution in [3.63, 3.8) is 0 Å². The summed E-state index contributed by atoms with van der Waals surface area (Å²) in [6.07, 6.45) is 3.63. The summed E-state index contributed by atoms with van der Waals surface area (Å²) >= 11 is 0. The lowest BCUT2D eigenvalue weighted by Gasteiger charge is -2.22. The van der Waals surface area contributed by atoms with Gasteiger partial charge in [0.15, 0.2) is 0 Å². The lowest BCUT2D eigenvalue weighted by molar-refractivity contribution is -0.146. The molecule has 2 N–H and O–H groups in total. The Morgan fingerprint density at radius 3 is 2.32 bits per heavy atom. The van der Waals surface area contributed by atoms with Crippen molar-refractivity contribution in [1.29, 1.82) is 0 Å². The number of hydrogen-bond acceptors (Lipinski definition) is 5. The molecule has 1 heterocycles. The average Bonchev–Trinajstić information content (AvgIpc) is 2.95. The van der Waals surface area contributed by atoms with Crippen LogP contribution in [0.3, 0.4) is 0 Å². The first kappa shape index (κ1) is 22.2. The number of methoxy groups -OCH3 is 1. The molecule has 0 aliphatic carbocycles. The van der Waals surface area contributed by atoms with Gasteiger partial charge in [-0.2, -0.15) is 4.31 Å². The van der Waals surface area contributed by atoms with E-state index in [0.717, 1.165) is 25.7 Å². The number of carbonyl (C=O) groups excluding carboxylic acids is 1. The number of nitrogens with zero attached hydrogens (tertiary/aromatic N) is 1. The Balaban J connectivity index is 2.30. The summed E-state index contributed by atoms with van der Waals surface area (Å²) in [7, 11) is -2.33. The molecule has 2 rings (SSSR count). The molecule has 9 heteroatoms. The summed E-state index contributed by atoms with van der Waals surface area (Å²) in [5, 5.41) is 11.7. The molecular formula is C19H28N2O6S. The molecular weight excluding hydrogens is 384 g/mol. The first-order chi connectivity index (χ1) is 13.1. The van der Waals surface area contributed by atoms with Crippen molar-refractivity contribution in [2.75, 3.05) is 26.7 Å². The number of hydrogen-bond donors (Lipinski definition) is 2. The maximum absolute atomic E-state index is 13.0. The minimum Gasteiger partial charge on any atom is -0.496 e. The van der Waals surface area contributed by atoms with E-state index in [4.69, 9.17) is 4.74 Å². The maximum atomic E-state index is 13.0. The highest BCUT2D eigenvalue weighted by Gasteiger charge is 2.30. The Bertz CT molecular complexity index is 827. The van der Waals surface area contributed by atoms with Gasteiger partial charge < -0.3 is 15.2 Å². The van der Waals surface area contributed by atoms with Gasteiger partial charge in [0.25, 0.3) is 5.91 Å². The van der Waals surface area contributed by atoms with E-state index in [2.05, 4.69) is 5.32 Å². The highest BCUT2D eigenvalue weighted by molar-refractivity contribution is 7.89. The monoisotopic (exact) mass is 412 g/mol. The average molecular weight is 413 g/mol. The number of carboxylic acid groups (broad SMARTS) is 1. The van der Waals surface area contributed by atoms with E-state index < -0.39 is 27.3 Å². The van der Waals surface area contributed by atoms with E-state index in [-0.39, 0.29) is 22.8 Å². The van der Waals surface area contributed by atoms with Crippen LogP contribution in [0.1, 0.15) is 49.9 Å². The number of carboxylic acids is 1. The second-order valence-corrected chi connectivity index (χ2v) is 9.49. The first-order valence-corrected chi connectivity index (χ1v) is 10.7. The number of ether oxygens (including phenoxy) is 1.